The van der Waals surface area contributed by atoms with E-state index in [1.165, 1.54) is 32.7 Å². The van der Waals surface area contributed by atoms with Gasteiger partial charge in [0.15, 0.2) is 5.13 Å². The first-order valence-electron chi connectivity index (χ1n) is 11.4. The van der Waals surface area contributed by atoms with Crippen LogP contribution in [0, 0.1) is 18.3 Å². The molecule has 4 rings (SSSR count). The maximum Gasteiger partial charge on any atom is 0.408 e. The van der Waals surface area contributed by atoms with E-state index in [2.05, 4.69) is 25.5 Å². The first kappa shape index (κ1) is 28.2. The Morgan fingerprint density at radius 2 is 1.79 bits per heavy atom. The van der Waals surface area contributed by atoms with Gasteiger partial charge in [0.1, 0.15) is 22.4 Å². The van der Waals surface area contributed by atoms with Crippen LogP contribution in [0.5, 0.6) is 5.75 Å². The van der Waals surface area contributed by atoms with E-state index < -0.39 is 22.7 Å². The molecule has 39 heavy (non-hydrogen) atoms. The molecule has 0 spiro atoms. The van der Waals surface area contributed by atoms with Crippen molar-refractivity contribution in [2.45, 2.75) is 25.1 Å². The summed E-state index contributed by atoms with van der Waals surface area (Å²) in [4.78, 5) is 23.9. The van der Waals surface area contributed by atoms with Crippen LogP contribution in [-0.2, 0) is 23.3 Å². The number of thiazole rings is 1. The highest BCUT2D eigenvalue weighted by atomic mass is 32.2. The monoisotopic (exact) mass is 585 g/mol. The molecule has 8 nitrogen and oxygen atoms in total. The third kappa shape index (κ3) is 7.86. The predicted octanol–water partition coefficient (Wildman–Crippen LogP) is 5.45. The Labute approximate surface area is 232 Å². The quantitative estimate of drug-likeness (QED) is 0.247. The van der Waals surface area contributed by atoms with Crippen LogP contribution in [0.2, 0.25) is 0 Å². The molecule has 0 saturated heterocycles. The number of halogens is 2. The Balaban J connectivity index is 1.57. The Kier molecular flexibility index (Phi) is 8.97. The van der Waals surface area contributed by atoms with E-state index in [-0.39, 0.29) is 23.7 Å². The Morgan fingerprint density at radius 1 is 1.13 bits per heavy atom. The number of nitriles is 1. The minimum absolute atomic E-state index is 0.00693. The Hall–Kier alpha value is -3.78. The molecule has 0 aliphatic heterocycles. The van der Waals surface area contributed by atoms with Crippen LogP contribution >= 0.6 is 20.6 Å². The number of alkyl halides is 2. The van der Waals surface area contributed by atoms with E-state index in [1.54, 1.807) is 67.8 Å². The maximum atomic E-state index is 13.2. The standard InChI is InChI=1S/C26H22F2N5O3PS2/c1-17-23(24(34)32-39(35)16-20-10-12-30-13-11-20)31-25(38-17)33(21-6-2-18(14-29)3-7-21)15-19-4-8-22(9-5-19)36-26(27,28)37/h2-13H,15-16,37H2,1H3,(H,32,34). The van der Waals surface area contributed by atoms with Crippen LogP contribution in [0.15, 0.2) is 73.1 Å². The molecule has 0 aliphatic rings. The number of pyridine rings is 1. The zero-order valence-corrected chi connectivity index (χ0v) is 23.3. The van der Waals surface area contributed by atoms with E-state index >= 15 is 0 Å². The summed E-state index contributed by atoms with van der Waals surface area (Å²) in [6.07, 6.45) is 3.17. The number of anilines is 2. The highest BCUT2D eigenvalue weighted by Gasteiger charge is 2.24. The van der Waals surface area contributed by atoms with Crippen LogP contribution in [0.3, 0.4) is 0 Å². The molecule has 2 atom stereocenters. The summed E-state index contributed by atoms with van der Waals surface area (Å²) < 4.78 is 45.9. The molecule has 2 unspecified atom stereocenters. The lowest BCUT2D eigenvalue weighted by Crippen LogP contribution is -2.27. The molecule has 0 aliphatic carbocycles. The lowest BCUT2D eigenvalue weighted by atomic mass is 10.1. The van der Waals surface area contributed by atoms with Gasteiger partial charge in [-0.1, -0.05) is 12.1 Å². The van der Waals surface area contributed by atoms with E-state index in [4.69, 9.17) is 0 Å². The van der Waals surface area contributed by atoms with Crippen molar-refractivity contribution in [2.24, 2.45) is 0 Å². The molecule has 0 saturated carbocycles. The number of rotatable bonds is 10. The second kappa shape index (κ2) is 12.4. The second-order valence-electron chi connectivity index (χ2n) is 8.23. The van der Waals surface area contributed by atoms with Crippen molar-refractivity contribution in [3.63, 3.8) is 0 Å². The third-order valence-electron chi connectivity index (χ3n) is 5.31. The highest BCUT2D eigenvalue weighted by molar-refractivity contribution is 7.82. The highest BCUT2D eigenvalue weighted by Crippen LogP contribution is 2.34. The predicted molar refractivity (Wildman–Crippen MR) is 149 cm³/mol. The average Bonchev–Trinajstić information content (AvgIpc) is 3.29. The minimum Gasteiger partial charge on any atom is -0.430 e. The lowest BCUT2D eigenvalue weighted by molar-refractivity contribution is -0.0892. The van der Waals surface area contributed by atoms with Crippen molar-refractivity contribution in [1.29, 1.82) is 5.26 Å². The molecule has 2 heterocycles. The van der Waals surface area contributed by atoms with Crippen molar-refractivity contribution in [2.75, 3.05) is 4.90 Å². The largest absolute Gasteiger partial charge is 0.430 e. The van der Waals surface area contributed by atoms with Crippen molar-refractivity contribution in [1.82, 2.24) is 14.7 Å². The molecular formula is C26H22F2N5O3PS2. The van der Waals surface area contributed by atoms with Gasteiger partial charge in [0, 0.05) is 23.0 Å². The first-order valence-corrected chi connectivity index (χ1v) is 14.1. The molecular weight excluding hydrogens is 563 g/mol. The molecule has 1 amide bonds. The van der Waals surface area contributed by atoms with E-state index in [0.29, 0.717) is 21.3 Å². The maximum absolute atomic E-state index is 13.2. The van der Waals surface area contributed by atoms with Gasteiger partial charge < -0.3 is 9.64 Å². The smallest absolute Gasteiger partial charge is 0.408 e. The van der Waals surface area contributed by atoms with Crippen LogP contribution < -0.4 is 14.4 Å². The molecule has 2 aromatic carbocycles. The van der Waals surface area contributed by atoms with Gasteiger partial charge >= 0.3 is 5.85 Å². The molecule has 1 N–H and O–H groups in total. The van der Waals surface area contributed by atoms with Gasteiger partial charge in [0.05, 0.1) is 23.9 Å². The summed E-state index contributed by atoms with van der Waals surface area (Å²) in [6, 6.07) is 18.5. The summed E-state index contributed by atoms with van der Waals surface area (Å²) in [5.74, 6) is -3.81. The van der Waals surface area contributed by atoms with Gasteiger partial charge in [-0.15, -0.1) is 11.3 Å². The van der Waals surface area contributed by atoms with Crippen molar-refractivity contribution in [3.8, 4) is 11.8 Å². The molecule has 4 aromatic rings. The molecule has 0 bridgehead atoms. The molecule has 13 heteroatoms. The fraction of sp³-hybridized carbons (Fsp3) is 0.154. The van der Waals surface area contributed by atoms with Crippen LogP contribution in [0.25, 0.3) is 0 Å². The van der Waals surface area contributed by atoms with Crippen LogP contribution in [0.4, 0.5) is 19.6 Å². The lowest BCUT2D eigenvalue weighted by Gasteiger charge is -2.22. The number of nitrogens with one attached hydrogen (secondary N) is 1. The molecule has 2 aromatic heterocycles. The van der Waals surface area contributed by atoms with Gasteiger partial charge in [0.2, 0.25) is 0 Å². The van der Waals surface area contributed by atoms with Gasteiger partial charge in [-0.25, -0.2) is 9.19 Å². The zero-order chi connectivity index (χ0) is 28.0. The van der Waals surface area contributed by atoms with E-state index in [0.717, 1.165) is 11.1 Å². The molecule has 200 valence electrons. The summed E-state index contributed by atoms with van der Waals surface area (Å²) in [7, 11) is -0.339. The van der Waals surface area contributed by atoms with Crippen LogP contribution in [0.1, 0.15) is 32.1 Å². The second-order valence-corrected chi connectivity index (χ2v) is 11.3. The SMILES string of the molecule is Cc1sc(N(Cc2ccc(OC(F)(F)P)cc2)c2ccc(C#N)cc2)nc1C(=O)NS(=O)Cc1ccncc1. The summed E-state index contributed by atoms with van der Waals surface area (Å²) in [5.41, 5.74) is 2.85. The number of hydrogen-bond donors (Lipinski definition) is 1. The van der Waals surface area contributed by atoms with Gasteiger partial charge in [-0.2, -0.15) is 14.0 Å². The molecule has 0 fully saturated rings. The van der Waals surface area contributed by atoms with Gasteiger partial charge in [0.25, 0.3) is 5.91 Å². The fourth-order valence-electron chi connectivity index (χ4n) is 3.51. The number of carbonyl (C=O) groups is 1. The normalized spacial score (nSPS) is 11.9. The number of carbonyl (C=O) groups excluding carboxylic acids is 1. The minimum atomic E-state index is -3.38. The molecule has 0 radical (unpaired) electrons. The van der Waals surface area contributed by atoms with Crippen molar-refractivity contribution < 1.29 is 22.5 Å². The first-order chi connectivity index (χ1) is 18.6. The Morgan fingerprint density at radius 3 is 2.41 bits per heavy atom. The van der Waals surface area contributed by atoms with E-state index in [9.17, 15) is 23.0 Å². The number of benzene rings is 2. The van der Waals surface area contributed by atoms with Crippen molar-refractivity contribution >= 4 is 48.3 Å². The van der Waals surface area contributed by atoms with E-state index in [1.807, 2.05) is 4.90 Å². The summed E-state index contributed by atoms with van der Waals surface area (Å²) in [6.45, 7) is 2.03. The number of amides is 1. The third-order valence-corrected chi connectivity index (χ3v) is 7.43. The summed E-state index contributed by atoms with van der Waals surface area (Å²) >= 11 is 1.27. The summed E-state index contributed by atoms with van der Waals surface area (Å²) in [5, 5.41) is 9.66. The Bertz CT molecular complexity index is 1510. The number of hydrogen-bond acceptors (Lipinski definition) is 8. The number of nitrogens with zero attached hydrogens (tertiary/aromatic N) is 4. The average molecular weight is 586 g/mol. The number of aryl methyl sites for hydroxylation is 1. The number of ether oxygens (including phenoxy) is 1. The topological polar surface area (TPSA) is 108 Å². The van der Waals surface area contributed by atoms with Crippen LogP contribution in [-0.4, -0.2) is 25.9 Å². The zero-order valence-electron chi connectivity index (χ0n) is 20.5. The van der Waals surface area contributed by atoms with Crippen molar-refractivity contribution in [3.05, 3.63) is 100 Å². The fourth-order valence-corrected chi connectivity index (χ4v) is 5.45. The van der Waals surface area contributed by atoms with Gasteiger partial charge in [-0.05, 0) is 75.8 Å². The number of aromatic nitrogens is 2. The van der Waals surface area contributed by atoms with Gasteiger partial charge in [-0.3, -0.25) is 14.5 Å².